The molecule has 0 saturated heterocycles. The number of rotatable bonds is 4. The largest absolute Gasteiger partial charge is 0.376 e. The molecule has 0 spiro atoms. The minimum atomic E-state index is -0.194. The number of amides is 1. The highest BCUT2D eigenvalue weighted by Gasteiger charge is 2.05. The van der Waals surface area contributed by atoms with Gasteiger partial charge in [0.1, 0.15) is 5.01 Å². The molecule has 0 aliphatic rings. The van der Waals surface area contributed by atoms with Gasteiger partial charge in [-0.2, -0.15) is 5.26 Å². The normalized spacial score (nSPS) is 9.68. The first-order chi connectivity index (χ1) is 9.17. The van der Waals surface area contributed by atoms with E-state index in [0.717, 1.165) is 10.7 Å². The van der Waals surface area contributed by atoms with Crippen LogP contribution in [0.1, 0.15) is 10.6 Å². The smallest absolute Gasteiger partial charge is 0.245 e. The van der Waals surface area contributed by atoms with E-state index in [1.165, 1.54) is 11.3 Å². The molecule has 1 aromatic carbocycles. The van der Waals surface area contributed by atoms with E-state index in [2.05, 4.69) is 20.8 Å². The molecule has 6 nitrogen and oxygen atoms in total. The number of aryl methyl sites for hydroxylation is 1. The molecule has 19 heavy (non-hydrogen) atoms. The average molecular weight is 273 g/mol. The van der Waals surface area contributed by atoms with E-state index in [9.17, 15) is 4.79 Å². The number of carbonyl (C=O) groups is 1. The van der Waals surface area contributed by atoms with Crippen LogP contribution in [0.15, 0.2) is 24.3 Å². The van der Waals surface area contributed by atoms with Gasteiger partial charge in [0, 0.05) is 5.69 Å². The third-order valence-corrected chi connectivity index (χ3v) is 2.99. The van der Waals surface area contributed by atoms with Crippen molar-refractivity contribution < 1.29 is 4.79 Å². The summed E-state index contributed by atoms with van der Waals surface area (Å²) in [6.07, 6.45) is 0. The Morgan fingerprint density at radius 2 is 2.11 bits per heavy atom. The third kappa shape index (κ3) is 3.76. The van der Waals surface area contributed by atoms with Crippen LogP contribution in [-0.4, -0.2) is 22.6 Å². The van der Waals surface area contributed by atoms with E-state index in [0.29, 0.717) is 10.7 Å². The summed E-state index contributed by atoms with van der Waals surface area (Å²) in [4.78, 5) is 11.6. The standard InChI is InChI=1S/C12H11N5OS/c1-8-16-17-12(19-8)15-11(18)7-14-10-4-2-9(6-13)3-5-10/h2-5,14H,7H2,1H3,(H,15,17,18). The minimum Gasteiger partial charge on any atom is -0.376 e. The van der Waals surface area contributed by atoms with Crippen LogP contribution >= 0.6 is 11.3 Å². The van der Waals surface area contributed by atoms with Crippen LogP contribution in [0, 0.1) is 18.3 Å². The number of carbonyl (C=O) groups excluding carboxylic acids is 1. The molecular weight excluding hydrogens is 262 g/mol. The molecule has 7 heteroatoms. The second kappa shape index (κ2) is 5.93. The quantitative estimate of drug-likeness (QED) is 0.886. The first kappa shape index (κ1) is 13.0. The van der Waals surface area contributed by atoms with Crippen LogP contribution in [0.25, 0.3) is 0 Å². The Morgan fingerprint density at radius 3 is 2.68 bits per heavy atom. The molecule has 0 radical (unpaired) electrons. The molecular formula is C12H11N5OS. The number of anilines is 2. The number of nitrogens with zero attached hydrogens (tertiary/aromatic N) is 3. The highest BCUT2D eigenvalue weighted by Crippen LogP contribution is 2.13. The molecule has 0 bridgehead atoms. The first-order valence-corrected chi connectivity index (χ1v) is 6.33. The van der Waals surface area contributed by atoms with Crippen molar-refractivity contribution in [2.75, 3.05) is 17.2 Å². The number of hydrogen-bond donors (Lipinski definition) is 2. The molecule has 0 aliphatic heterocycles. The maximum absolute atomic E-state index is 11.6. The van der Waals surface area contributed by atoms with E-state index in [1.54, 1.807) is 24.3 Å². The molecule has 0 fully saturated rings. The highest BCUT2D eigenvalue weighted by molar-refractivity contribution is 7.15. The van der Waals surface area contributed by atoms with Crippen LogP contribution < -0.4 is 10.6 Å². The van der Waals surface area contributed by atoms with E-state index in [1.807, 2.05) is 13.0 Å². The monoisotopic (exact) mass is 273 g/mol. The lowest BCUT2D eigenvalue weighted by Gasteiger charge is -2.05. The van der Waals surface area contributed by atoms with Crippen LogP contribution in [0.3, 0.4) is 0 Å². The Labute approximate surface area is 114 Å². The Balaban J connectivity index is 1.84. The van der Waals surface area contributed by atoms with Crippen molar-refractivity contribution in [2.45, 2.75) is 6.92 Å². The highest BCUT2D eigenvalue weighted by atomic mass is 32.1. The summed E-state index contributed by atoms with van der Waals surface area (Å²) in [6.45, 7) is 1.95. The fraction of sp³-hybridized carbons (Fsp3) is 0.167. The summed E-state index contributed by atoms with van der Waals surface area (Å²) < 4.78 is 0. The van der Waals surface area contributed by atoms with Gasteiger partial charge in [0.05, 0.1) is 18.2 Å². The van der Waals surface area contributed by atoms with Crippen molar-refractivity contribution in [3.05, 3.63) is 34.8 Å². The predicted octanol–water partition coefficient (Wildman–Crippen LogP) is 1.77. The molecule has 1 heterocycles. The maximum Gasteiger partial charge on any atom is 0.245 e. The first-order valence-electron chi connectivity index (χ1n) is 5.51. The fourth-order valence-corrected chi connectivity index (χ4v) is 1.96. The lowest BCUT2D eigenvalue weighted by atomic mass is 10.2. The van der Waals surface area contributed by atoms with Gasteiger partial charge in [-0.25, -0.2) is 0 Å². The molecule has 1 aromatic heterocycles. The van der Waals surface area contributed by atoms with E-state index < -0.39 is 0 Å². The number of benzene rings is 1. The topological polar surface area (TPSA) is 90.7 Å². The summed E-state index contributed by atoms with van der Waals surface area (Å²) >= 11 is 1.32. The second-order valence-corrected chi connectivity index (χ2v) is 4.90. The van der Waals surface area contributed by atoms with Crippen molar-refractivity contribution in [1.82, 2.24) is 10.2 Å². The van der Waals surface area contributed by atoms with Crippen LogP contribution in [0.4, 0.5) is 10.8 Å². The molecule has 2 rings (SSSR count). The predicted molar refractivity (Wildman–Crippen MR) is 72.9 cm³/mol. The number of aromatic nitrogens is 2. The zero-order valence-electron chi connectivity index (χ0n) is 10.2. The number of nitrogens with one attached hydrogen (secondary N) is 2. The lowest BCUT2D eigenvalue weighted by Crippen LogP contribution is -2.21. The van der Waals surface area contributed by atoms with Crippen LogP contribution in [0.5, 0.6) is 0 Å². The fourth-order valence-electron chi connectivity index (χ4n) is 1.36. The van der Waals surface area contributed by atoms with Gasteiger partial charge in [-0.15, -0.1) is 10.2 Å². The molecule has 0 saturated carbocycles. The van der Waals surface area contributed by atoms with Crippen LogP contribution in [-0.2, 0) is 4.79 Å². The van der Waals surface area contributed by atoms with Crippen molar-refractivity contribution in [3.63, 3.8) is 0 Å². The average Bonchev–Trinajstić information content (AvgIpc) is 2.82. The van der Waals surface area contributed by atoms with Crippen molar-refractivity contribution in [3.8, 4) is 6.07 Å². The lowest BCUT2D eigenvalue weighted by molar-refractivity contribution is -0.114. The van der Waals surface area contributed by atoms with Gasteiger partial charge in [-0.1, -0.05) is 11.3 Å². The summed E-state index contributed by atoms with van der Waals surface area (Å²) in [6, 6.07) is 8.91. The molecule has 0 atom stereocenters. The van der Waals surface area contributed by atoms with Crippen LogP contribution in [0.2, 0.25) is 0 Å². The summed E-state index contributed by atoms with van der Waals surface area (Å²) in [5.74, 6) is -0.194. The van der Waals surface area contributed by atoms with Gasteiger partial charge in [0.15, 0.2) is 0 Å². The van der Waals surface area contributed by atoms with E-state index in [4.69, 9.17) is 5.26 Å². The van der Waals surface area contributed by atoms with Crippen molar-refractivity contribution >= 4 is 28.1 Å². The number of hydrogen-bond acceptors (Lipinski definition) is 6. The Bertz CT molecular complexity index is 614. The SMILES string of the molecule is Cc1nnc(NC(=O)CNc2ccc(C#N)cc2)s1. The van der Waals surface area contributed by atoms with Gasteiger partial charge < -0.3 is 5.32 Å². The summed E-state index contributed by atoms with van der Waals surface area (Å²) in [5, 5.41) is 23.2. The van der Waals surface area contributed by atoms with Crippen molar-refractivity contribution in [1.29, 1.82) is 5.26 Å². The zero-order valence-corrected chi connectivity index (χ0v) is 11.0. The molecule has 2 N–H and O–H groups in total. The number of nitriles is 1. The van der Waals surface area contributed by atoms with Gasteiger partial charge in [0.2, 0.25) is 11.0 Å². The molecule has 1 amide bonds. The van der Waals surface area contributed by atoms with Gasteiger partial charge in [-0.3, -0.25) is 10.1 Å². The van der Waals surface area contributed by atoms with Gasteiger partial charge in [0.25, 0.3) is 0 Å². The van der Waals surface area contributed by atoms with Crippen molar-refractivity contribution in [2.24, 2.45) is 0 Å². The molecule has 2 aromatic rings. The molecule has 96 valence electrons. The second-order valence-electron chi connectivity index (χ2n) is 3.72. The van der Waals surface area contributed by atoms with Gasteiger partial charge >= 0.3 is 0 Å². The van der Waals surface area contributed by atoms with E-state index >= 15 is 0 Å². The zero-order chi connectivity index (χ0) is 13.7. The Hall–Kier alpha value is -2.46. The summed E-state index contributed by atoms with van der Waals surface area (Å²) in [7, 11) is 0. The maximum atomic E-state index is 11.6. The van der Waals surface area contributed by atoms with E-state index in [-0.39, 0.29) is 12.5 Å². The van der Waals surface area contributed by atoms with Gasteiger partial charge in [-0.05, 0) is 31.2 Å². The Morgan fingerprint density at radius 1 is 1.37 bits per heavy atom. The molecule has 0 aliphatic carbocycles. The summed E-state index contributed by atoms with van der Waals surface area (Å²) in [5.41, 5.74) is 1.36. The Kier molecular flexibility index (Phi) is 4.05. The minimum absolute atomic E-state index is 0.129. The molecule has 0 unspecified atom stereocenters. The third-order valence-electron chi connectivity index (χ3n) is 2.24.